The van der Waals surface area contributed by atoms with Gasteiger partial charge in [0.25, 0.3) is 0 Å². The van der Waals surface area contributed by atoms with E-state index in [0.717, 1.165) is 27.7 Å². The highest BCUT2D eigenvalue weighted by Crippen LogP contribution is 2.28. The van der Waals surface area contributed by atoms with Gasteiger partial charge in [0.05, 0.1) is 17.7 Å². The molecule has 0 spiro atoms. The van der Waals surface area contributed by atoms with Gasteiger partial charge in [0.1, 0.15) is 5.92 Å². The van der Waals surface area contributed by atoms with Crippen LogP contribution in [0.1, 0.15) is 22.7 Å². The largest absolute Gasteiger partial charge is 0.253 e. The first-order chi connectivity index (χ1) is 11.7. The highest BCUT2D eigenvalue weighted by Gasteiger charge is 2.24. The lowest BCUT2D eigenvalue weighted by atomic mass is 9.83. The highest BCUT2D eigenvalue weighted by molar-refractivity contribution is 5.78. The van der Waals surface area contributed by atoms with Crippen LogP contribution in [0.2, 0.25) is 0 Å². The van der Waals surface area contributed by atoms with Gasteiger partial charge in [-0.3, -0.25) is 4.98 Å². The average Bonchev–Trinajstić information content (AvgIpc) is 2.62. The Morgan fingerprint density at radius 1 is 0.917 bits per heavy atom. The van der Waals surface area contributed by atoms with Crippen molar-refractivity contribution in [3.05, 3.63) is 77.5 Å². The van der Waals surface area contributed by atoms with Gasteiger partial charge in [-0.15, -0.1) is 0 Å². The lowest BCUT2D eigenvalue weighted by Gasteiger charge is -2.18. The van der Waals surface area contributed by atoms with E-state index < -0.39 is 5.92 Å². The third kappa shape index (κ3) is 3.26. The zero-order chi connectivity index (χ0) is 16.9. The molecular formula is C21H17N3. The summed E-state index contributed by atoms with van der Waals surface area (Å²) in [7, 11) is 0. The second-order valence-corrected chi connectivity index (χ2v) is 5.95. The maximum atomic E-state index is 9.37. The van der Waals surface area contributed by atoms with Crippen molar-refractivity contribution in [3.8, 4) is 12.1 Å². The fourth-order valence-electron chi connectivity index (χ4n) is 2.90. The molecule has 3 nitrogen and oxygen atoms in total. The Kier molecular flexibility index (Phi) is 4.54. The van der Waals surface area contributed by atoms with Gasteiger partial charge in [0.15, 0.2) is 0 Å². The van der Waals surface area contributed by atoms with Crippen molar-refractivity contribution in [1.29, 1.82) is 10.5 Å². The van der Waals surface area contributed by atoms with E-state index in [1.165, 1.54) is 0 Å². The fourth-order valence-corrected chi connectivity index (χ4v) is 2.90. The van der Waals surface area contributed by atoms with Crippen molar-refractivity contribution in [3.63, 3.8) is 0 Å². The van der Waals surface area contributed by atoms with Crippen LogP contribution < -0.4 is 0 Å². The predicted molar refractivity (Wildman–Crippen MR) is 94.1 cm³/mol. The second kappa shape index (κ2) is 6.94. The summed E-state index contributed by atoms with van der Waals surface area (Å²) >= 11 is 0. The van der Waals surface area contributed by atoms with Crippen LogP contribution >= 0.6 is 0 Å². The first-order valence-electron chi connectivity index (χ1n) is 7.91. The Hall–Kier alpha value is -3.17. The Balaban J connectivity index is 1.97. The molecule has 1 atom stereocenters. The van der Waals surface area contributed by atoms with Crippen molar-refractivity contribution in [1.82, 2.24) is 4.98 Å². The number of rotatable bonds is 4. The van der Waals surface area contributed by atoms with Crippen LogP contribution in [-0.4, -0.2) is 4.98 Å². The van der Waals surface area contributed by atoms with Gasteiger partial charge >= 0.3 is 0 Å². The van der Waals surface area contributed by atoms with E-state index in [9.17, 15) is 10.5 Å². The molecule has 3 heteroatoms. The molecule has 1 heterocycles. The third-order valence-electron chi connectivity index (χ3n) is 4.27. The molecule has 0 aliphatic rings. The van der Waals surface area contributed by atoms with E-state index in [1.54, 1.807) is 0 Å². The van der Waals surface area contributed by atoms with E-state index in [0.29, 0.717) is 6.42 Å². The molecule has 0 fully saturated rings. The second-order valence-electron chi connectivity index (χ2n) is 5.95. The number of fused-ring (bicyclic) bond motifs is 1. The molecule has 24 heavy (non-hydrogen) atoms. The number of nitrogens with zero attached hydrogens (tertiary/aromatic N) is 3. The number of hydrogen-bond acceptors (Lipinski definition) is 3. The van der Waals surface area contributed by atoms with Crippen molar-refractivity contribution in [2.75, 3.05) is 0 Å². The van der Waals surface area contributed by atoms with Gasteiger partial charge in [0.2, 0.25) is 0 Å². The molecule has 0 aliphatic heterocycles. The summed E-state index contributed by atoms with van der Waals surface area (Å²) in [5.41, 5.74) is 3.99. The number of benzene rings is 2. The lowest BCUT2D eigenvalue weighted by molar-refractivity contribution is 0.601. The minimum Gasteiger partial charge on any atom is -0.253 e. The molecule has 0 N–H and O–H groups in total. The molecule has 3 rings (SSSR count). The average molecular weight is 311 g/mol. The van der Waals surface area contributed by atoms with Crippen LogP contribution in [0.3, 0.4) is 0 Å². The van der Waals surface area contributed by atoms with Crippen molar-refractivity contribution < 1.29 is 0 Å². The van der Waals surface area contributed by atoms with E-state index in [1.807, 2.05) is 67.6 Å². The van der Waals surface area contributed by atoms with E-state index in [4.69, 9.17) is 4.98 Å². The molecule has 0 amide bonds. The Morgan fingerprint density at radius 3 is 2.33 bits per heavy atom. The SMILES string of the molecule is Cc1ccc(C(Cc2ccc3ccccc3n2)C(C#N)C#N)cc1. The smallest absolute Gasteiger partial charge is 0.140 e. The van der Waals surface area contributed by atoms with Gasteiger partial charge in [-0.05, 0) is 31.0 Å². The number of para-hydroxylation sites is 1. The van der Waals surface area contributed by atoms with Gasteiger partial charge in [-0.2, -0.15) is 10.5 Å². The van der Waals surface area contributed by atoms with Crippen LogP contribution in [0.25, 0.3) is 10.9 Å². The van der Waals surface area contributed by atoms with Crippen molar-refractivity contribution in [2.45, 2.75) is 19.3 Å². The highest BCUT2D eigenvalue weighted by atomic mass is 14.7. The van der Waals surface area contributed by atoms with Crippen LogP contribution in [0.4, 0.5) is 0 Å². The summed E-state index contributed by atoms with van der Waals surface area (Å²) in [6.07, 6.45) is 0.569. The van der Waals surface area contributed by atoms with Crippen LogP contribution in [0.5, 0.6) is 0 Å². The normalized spacial score (nSPS) is 11.8. The van der Waals surface area contributed by atoms with E-state index in [-0.39, 0.29) is 5.92 Å². The van der Waals surface area contributed by atoms with E-state index in [2.05, 4.69) is 12.1 Å². The van der Waals surface area contributed by atoms with Crippen LogP contribution in [-0.2, 0) is 6.42 Å². The van der Waals surface area contributed by atoms with Gasteiger partial charge in [0, 0.05) is 17.0 Å². The molecule has 0 saturated heterocycles. The van der Waals surface area contributed by atoms with Gasteiger partial charge in [-0.25, -0.2) is 0 Å². The van der Waals surface area contributed by atoms with Gasteiger partial charge < -0.3 is 0 Å². The topological polar surface area (TPSA) is 60.5 Å². The zero-order valence-corrected chi connectivity index (χ0v) is 13.5. The van der Waals surface area contributed by atoms with Crippen molar-refractivity contribution in [2.24, 2.45) is 5.92 Å². The van der Waals surface area contributed by atoms with Crippen molar-refractivity contribution >= 4 is 10.9 Å². The fraction of sp³-hybridized carbons (Fsp3) is 0.190. The van der Waals surface area contributed by atoms with Crippen LogP contribution in [0.15, 0.2) is 60.7 Å². The molecule has 0 saturated carbocycles. The molecule has 0 aliphatic carbocycles. The number of nitriles is 2. The summed E-state index contributed by atoms with van der Waals surface area (Å²) < 4.78 is 0. The predicted octanol–water partition coefficient (Wildman–Crippen LogP) is 4.53. The molecule has 0 radical (unpaired) electrons. The minimum absolute atomic E-state index is 0.186. The molecule has 116 valence electrons. The summed E-state index contributed by atoms with van der Waals surface area (Å²) in [5, 5.41) is 19.8. The molecule has 2 aromatic carbocycles. The molecule has 1 aromatic heterocycles. The molecule has 1 unspecified atom stereocenters. The Labute approximate surface area is 141 Å². The number of pyridine rings is 1. The number of hydrogen-bond donors (Lipinski definition) is 0. The summed E-state index contributed by atoms with van der Waals surface area (Å²) in [4.78, 5) is 4.69. The summed E-state index contributed by atoms with van der Waals surface area (Å²) in [5.74, 6) is -0.879. The third-order valence-corrected chi connectivity index (χ3v) is 4.27. The summed E-state index contributed by atoms with van der Waals surface area (Å²) in [6, 6.07) is 24.3. The van der Waals surface area contributed by atoms with Gasteiger partial charge in [-0.1, -0.05) is 54.1 Å². The minimum atomic E-state index is -0.694. The maximum absolute atomic E-state index is 9.37. The first-order valence-corrected chi connectivity index (χ1v) is 7.91. The Morgan fingerprint density at radius 2 is 1.62 bits per heavy atom. The Bertz CT molecular complexity index is 916. The standard InChI is InChI=1S/C21H17N3/c1-15-6-8-16(9-7-15)20(18(13-22)14-23)12-19-11-10-17-4-2-3-5-21(17)24-19/h2-11,18,20H,12H2,1H3. The molecule has 0 bridgehead atoms. The quantitative estimate of drug-likeness (QED) is 0.711. The molecule has 3 aromatic rings. The van der Waals surface area contributed by atoms with Crippen LogP contribution in [0, 0.1) is 35.5 Å². The number of aryl methyl sites for hydroxylation is 1. The first kappa shape index (κ1) is 15.7. The maximum Gasteiger partial charge on any atom is 0.140 e. The monoisotopic (exact) mass is 311 g/mol. The number of aromatic nitrogens is 1. The summed E-state index contributed by atoms with van der Waals surface area (Å²) in [6.45, 7) is 2.02. The van der Waals surface area contributed by atoms with E-state index >= 15 is 0 Å². The molecular weight excluding hydrogens is 294 g/mol. The zero-order valence-electron chi connectivity index (χ0n) is 13.5. The lowest BCUT2D eigenvalue weighted by Crippen LogP contribution is -2.13.